The van der Waals surface area contributed by atoms with Gasteiger partial charge in [-0.25, -0.2) is 18.7 Å². The van der Waals surface area contributed by atoms with E-state index in [4.69, 9.17) is 19.1 Å². The fourth-order valence-corrected chi connectivity index (χ4v) is 9.85. The highest BCUT2D eigenvalue weighted by atomic mass is 19.1. The lowest BCUT2D eigenvalue weighted by Gasteiger charge is -2.39. The van der Waals surface area contributed by atoms with E-state index in [9.17, 15) is 9.59 Å². The average molecular weight is 882 g/mol. The van der Waals surface area contributed by atoms with Gasteiger partial charge < -0.3 is 23.8 Å². The van der Waals surface area contributed by atoms with E-state index in [1.54, 1.807) is 70.4 Å². The quantitative estimate of drug-likeness (QED) is 0.184. The number of rotatable bonds is 10. The van der Waals surface area contributed by atoms with Gasteiger partial charge in [0.25, 0.3) is 5.91 Å². The molecule has 3 aliphatic rings. The Labute approximate surface area is 371 Å². The van der Waals surface area contributed by atoms with E-state index in [0.717, 1.165) is 39.7 Å². The zero-order valence-electron chi connectivity index (χ0n) is 36.8. The molecule has 1 amide bonds. The molecule has 1 saturated carbocycles. The number of aromatic nitrogens is 9. The molecule has 17 nitrogen and oxygen atoms in total. The van der Waals surface area contributed by atoms with Gasteiger partial charge in [-0.15, -0.1) is 0 Å². The van der Waals surface area contributed by atoms with Crippen LogP contribution >= 0.6 is 0 Å². The maximum atomic E-state index is 15.3. The van der Waals surface area contributed by atoms with Gasteiger partial charge in [0.2, 0.25) is 0 Å². The number of H-pyrrole nitrogens is 1. The Morgan fingerprint density at radius 1 is 0.923 bits per heavy atom. The molecule has 65 heavy (non-hydrogen) atoms. The molecule has 8 aromatic rings. The molecule has 5 aromatic heterocycles. The van der Waals surface area contributed by atoms with Crippen molar-refractivity contribution in [1.29, 1.82) is 0 Å². The first-order valence-electron chi connectivity index (χ1n) is 21.9. The van der Waals surface area contributed by atoms with Crippen LogP contribution in [-0.4, -0.2) is 99.8 Å². The minimum atomic E-state index is -0.793. The van der Waals surface area contributed by atoms with Crippen LogP contribution in [0.4, 0.5) is 10.1 Å². The Balaban J connectivity index is 1.01. The van der Waals surface area contributed by atoms with Crippen molar-refractivity contribution in [2.45, 2.75) is 71.2 Å². The summed E-state index contributed by atoms with van der Waals surface area (Å²) in [5.41, 5.74) is 5.28. The van der Waals surface area contributed by atoms with Gasteiger partial charge in [0.05, 0.1) is 60.7 Å². The molecule has 0 atom stereocenters. The third kappa shape index (κ3) is 6.72. The maximum absolute atomic E-state index is 15.3. The van der Waals surface area contributed by atoms with Crippen molar-refractivity contribution in [3.63, 3.8) is 0 Å². The Morgan fingerprint density at radius 2 is 1.68 bits per heavy atom. The first kappa shape index (κ1) is 40.7. The third-order valence-electron chi connectivity index (χ3n) is 13.2. The lowest BCUT2D eigenvalue weighted by atomic mass is 10.1. The van der Waals surface area contributed by atoms with Crippen molar-refractivity contribution in [3.8, 4) is 17.2 Å². The number of ether oxygens (including phenoxy) is 2. The smallest absolute Gasteiger partial charge is 0.383 e. The number of nitrogens with zero attached hydrogens (tertiary/aromatic N) is 10. The van der Waals surface area contributed by atoms with Crippen LogP contribution in [0.2, 0.25) is 0 Å². The summed E-state index contributed by atoms with van der Waals surface area (Å²) in [6.07, 6.45) is 6.86. The molecule has 3 aromatic carbocycles. The van der Waals surface area contributed by atoms with Crippen LogP contribution in [0.3, 0.4) is 0 Å². The van der Waals surface area contributed by atoms with Crippen LogP contribution in [0.5, 0.6) is 0 Å². The molecule has 1 saturated heterocycles. The van der Waals surface area contributed by atoms with Gasteiger partial charge in [0, 0.05) is 73.1 Å². The van der Waals surface area contributed by atoms with Gasteiger partial charge in [0.1, 0.15) is 22.9 Å². The number of halogens is 1. The number of benzene rings is 3. The van der Waals surface area contributed by atoms with Crippen LogP contribution in [-0.2, 0) is 34.5 Å². The number of aryl methyl sites for hydroxylation is 2. The van der Waals surface area contributed by atoms with Crippen LogP contribution in [0.25, 0.3) is 39.0 Å². The first-order valence-corrected chi connectivity index (χ1v) is 21.9. The summed E-state index contributed by atoms with van der Waals surface area (Å²) in [5.74, 6) is -0.378. The molecule has 2 fully saturated rings. The number of hydrogen-bond acceptors (Lipinski definition) is 10. The fourth-order valence-electron chi connectivity index (χ4n) is 9.85. The van der Waals surface area contributed by atoms with Crippen molar-refractivity contribution in [2.75, 3.05) is 44.9 Å². The normalized spacial score (nSPS) is 16.8. The molecule has 0 spiro atoms. The van der Waals surface area contributed by atoms with Crippen LogP contribution < -0.4 is 16.3 Å². The minimum Gasteiger partial charge on any atom is -0.383 e. The molecule has 0 unspecified atom stereocenters. The number of nitrogens with one attached hydrogen (secondary N) is 1. The highest BCUT2D eigenvalue weighted by molar-refractivity contribution is 6.00. The number of fused-ring (bicyclic) bond motifs is 3. The number of carbonyl (C=O) groups excluding carboxylic acids is 1. The molecule has 18 heteroatoms. The molecule has 1 aliphatic carbocycles. The lowest BCUT2D eigenvalue weighted by molar-refractivity contribution is -0.0276. The van der Waals surface area contributed by atoms with E-state index in [2.05, 4.69) is 46.1 Å². The maximum Gasteiger partial charge on any atom is 0.438 e. The fraction of sp³-hybridized carbons (Fsp3) is 0.362. The standard InChI is InChI=1S/C47H48FN11O6/c1-28-20-34(21-29(2)40(28)48)59-41(56-15-14-55(45(56)62)33-7-8-37-31(23-33)25-49-57(37)17-18-63-5)35-26-53(13-10-36(35)51-59)42(60)39-24-30-22-32(54-16-19-64-46(3,4)27-54)6-9-38(30)58(39)47(11-12-47)43-50-44(61)65-52-43/h6-9,14-15,20-25H,10-13,16-19,26-27H2,1-5H3,(H,50,52,61). The number of hydrogen-bond donors (Lipinski definition) is 1. The molecule has 2 aliphatic heterocycles. The number of aromatic amines is 1. The minimum absolute atomic E-state index is 0.135. The van der Waals surface area contributed by atoms with E-state index in [-0.39, 0.29) is 29.6 Å². The summed E-state index contributed by atoms with van der Waals surface area (Å²) in [5, 5.41) is 15.5. The highest BCUT2D eigenvalue weighted by Crippen LogP contribution is 2.51. The Hall–Kier alpha value is -7.05. The Kier molecular flexibility index (Phi) is 9.41. The van der Waals surface area contributed by atoms with E-state index in [1.807, 2.05) is 39.6 Å². The lowest BCUT2D eigenvalue weighted by Crippen LogP contribution is -2.48. The second-order valence-electron chi connectivity index (χ2n) is 18.1. The number of amides is 1. The van der Waals surface area contributed by atoms with Crippen molar-refractivity contribution in [1.82, 2.24) is 48.3 Å². The summed E-state index contributed by atoms with van der Waals surface area (Å²) < 4.78 is 40.0. The van der Waals surface area contributed by atoms with Crippen molar-refractivity contribution >= 4 is 33.4 Å². The molecule has 11 rings (SSSR count). The largest absolute Gasteiger partial charge is 0.438 e. The topological polar surface area (TPSA) is 168 Å². The summed E-state index contributed by atoms with van der Waals surface area (Å²) in [4.78, 5) is 49.1. The SMILES string of the molecule is COCCn1ncc2cc(-n3ccn(-c4c5c(nn4-c4cc(C)c(F)c(C)c4)CCN(C(=O)c4cc6cc(N7CCOC(C)(C)C7)ccc6n4C4(c6noc(=O)[nH]6)CC4)C5)c3=O)ccc21. The van der Waals surface area contributed by atoms with Crippen molar-refractivity contribution < 1.29 is 23.2 Å². The number of methoxy groups -OCH3 is 1. The highest BCUT2D eigenvalue weighted by Gasteiger charge is 2.52. The zero-order valence-corrected chi connectivity index (χ0v) is 36.8. The summed E-state index contributed by atoms with van der Waals surface area (Å²) in [6.45, 7) is 11.2. The van der Waals surface area contributed by atoms with E-state index in [1.165, 1.54) is 0 Å². The number of carbonyl (C=O) groups is 1. The summed E-state index contributed by atoms with van der Waals surface area (Å²) >= 11 is 0. The van der Waals surface area contributed by atoms with Crippen molar-refractivity contribution in [3.05, 3.63) is 134 Å². The van der Waals surface area contributed by atoms with Gasteiger partial charge in [-0.2, -0.15) is 10.2 Å². The molecule has 1 N–H and O–H groups in total. The number of imidazole rings is 1. The van der Waals surface area contributed by atoms with Gasteiger partial charge in [-0.1, -0.05) is 5.16 Å². The van der Waals surface area contributed by atoms with Crippen LogP contribution in [0.15, 0.2) is 87.3 Å². The molecular weight excluding hydrogens is 834 g/mol. The van der Waals surface area contributed by atoms with Crippen molar-refractivity contribution in [2.24, 2.45) is 0 Å². The van der Waals surface area contributed by atoms with Gasteiger partial charge in [-0.05, 0) is 106 Å². The van der Waals surface area contributed by atoms with E-state index >= 15 is 9.18 Å². The van der Waals surface area contributed by atoms with E-state index in [0.29, 0.717) is 97.5 Å². The second kappa shape index (κ2) is 15.0. The first-order chi connectivity index (χ1) is 31.3. The van der Waals surface area contributed by atoms with Gasteiger partial charge in [-0.3, -0.25) is 28.1 Å². The zero-order chi connectivity index (χ0) is 44.9. The Morgan fingerprint density at radius 3 is 2.42 bits per heavy atom. The van der Waals surface area contributed by atoms with E-state index < -0.39 is 11.3 Å². The predicted octanol–water partition coefficient (Wildman–Crippen LogP) is 5.55. The van der Waals surface area contributed by atoms with Crippen LogP contribution in [0, 0.1) is 19.7 Å². The summed E-state index contributed by atoms with van der Waals surface area (Å²) in [7, 11) is 1.65. The number of anilines is 1. The molecule has 334 valence electrons. The van der Waals surface area contributed by atoms with Gasteiger partial charge >= 0.3 is 11.4 Å². The molecule has 0 radical (unpaired) electrons. The average Bonchev–Trinajstić information content (AvgIpc) is 3.76. The van der Waals surface area contributed by atoms with Crippen LogP contribution in [0.1, 0.15) is 65.4 Å². The Bertz CT molecular complexity index is 3300. The predicted molar refractivity (Wildman–Crippen MR) is 239 cm³/mol. The monoisotopic (exact) mass is 881 g/mol. The summed E-state index contributed by atoms with van der Waals surface area (Å²) in [6, 6.07) is 17.3. The van der Waals surface area contributed by atoms with Gasteiger partial charge in [0.15, 0.2) is 5.82 Å². The molecular formula is C47H48FN11O6. The molecule has 0 bridgehead atoms. The second-order valence-corrected chi connectivity index (χ2v) is 18.1. The molecule has 7 heterocycles. The number of morpholine rings is 1. The third-order valence-corrected chi connectivity index (χ3v) is 13.2.